The summed E-state index contributed by atoms with van der Waals surface area (Å²) in [4.78, 5) is 20.0. The van der Waals surface area contributed by atoms with Crippen LogP contribution in [0.1, 0.15) is 21.5 Å². The molecular formula is C28H27F2N3O3S. The largest absolute Gasteiger partial charge is 0.497 e. The van der Waals surface area contributed by atoms with E-state index in [9.17, 15) is 9.18 Å². The van der Waals surface area contributed by atoms with Crippen molar-refractivity contribution >= 4 is 22.8 Å². The molecule has 2 aliphatic heterocycles. The summed E-state index contributed by atoms with van der Waals surface area (Å²) in [6.07, 6.45) is 0. The van der Waals surface area contributed by atoms with E-state index in [-0.39, 0.29) is 11.8 Å². The zero-order valence-electron chi connectivity index (χ0n) is 20.5. The second-order valence-electron chi connectivity index (χ2n) is 9.14. The molecule has 1 fully saturated rings. The third-order valence-corrected chi connectivity index (χ3v) is 7.92. The number of thioether (sulfide) groups is 1. The molecule has 0 aromatic heterocycles. The predicted molar refractivity (Wildman–Crippen MR) is 140 cm³/mol. The lowest BCUT2D eigenvalue weighted by atomic mass is 9.81. The van der Waals surface area contributed by atoms with Crippen molar-refractivity contribution in [3.8, 4) is 11.5 Å². The molecule has 2 atom stereocenters. The lowest BCUT2D eigenvalue weighted by Gasteiger charge is -2.36. The van der Waals surface area contributed by atoms with Gasteiger partial charge in [-0.1, -0.05) is 42.1 Å². The van der Waals surface area contributed by atoms with Crippen LogP contribution in [0.5, 0.6) is 11.5 Å². The van der Waals surface area contributed by atoms with Gasteiger partial charge in [-0.15, -0.1) is 0 Å². The summed E-state index contributed by atoms with van der Waals surface area (Å²) in [6, 6.07) is 18.2. The molecule has 0 saturated carbocycles. The van der Waals surface area contributed by atoms with Gasteiger partial charge in [-0.05, 0) is 24.3 Å². The highest BCUT2D eigenvalue weighted by molar-refractivity contribution is 8.13. The molecule has 192 valence electrons. The monoisotopic (exact) mass is 523 g/mol. The Morgan fingerprint density at radius 2 is 1.92 bits per heavy atom. The van der Waals surface area contributed by atoms with Gasteiger partial charge in [-0.3, -0.25) is 9.69 Å². The van der Waals surface area contributed by atoms with E-state index in [0.717, 1.165) is 11.6 Å². The molecule has 0 spiro atoms. The summed E-state index contributed by atoms with van der Waals surface area (Å²) in [5.74, 6) is 0.417. The van der Waals surface area contributed by atoms with E-state index < -0.39 is 17.2 Å². The molecule has 0 radical (unpaired) electrons. The first-order valence-corrected chi connectivity index (χ1v) is 12.9. The van der Waals surface area contributed by atoms with E-state index in [1.165, 1.54) is 23.9 Å². The number of hydrogen-bond acceptors (Lipinski definition) is 6. The summed E-state index contributed by atoms with van der Waals surface area (Å²) in [6.45, 7) is 1.61. The molecule has 9 heteroatoms. The molecule has 1 saturated heterocycles. The Hall–Kier alpha value is -3.43. The molecule has 37 heavy (non-hydrogen) atoms. The third kappa shape index (κ3) is 5.06. The number of likely N-dealkylation sites (tertiary alicyclic amines) is 1. The van der Waals surface area contributed by atoms with Crippen LogP contribution in [0.4, 0.5) is 8.78 Å². The van der Waals surface area contributed by atoms with Gasteiger partial charge < -0.3 is 14.8 Å². The molecule has 3 aromatic carbocycles. The maximum Gasteiger partial charge on any atom is 0.257 e. The van der Waals surface area contributed by atoms with Crippen LogP contribution >= 0.6 is 11.8 Å². The minimum Gasteiger partial charge on any atom is -0.497 e. The Morgan fingerprint density at radius 1 is 1.11 bits per heavy atom. The maximum absolute atomic E-state index is 15.2. The highest BCUT2D eigenvalue weighted by Crippen LogP contribution is 2.47. The number of nitrogens with zero attached hydrogens (tertiary/aromatic N) is 2. The van der Waals surface area contributed by atoms with Crippen LogP contribution in [0.15, 0.2) is 71.7 Å². The van der Waals surface area contributed by atoms with Gasteiger partial charge in [0.05, 0.1) is 14.2 Å². The highest BCUT2D eigenvalue weighted by Gasteiger charge is 2.51. The minimum atomic E-state index is -0.970. The summed E-state index contributed by atoms with van der Waals surface area (Å²) in [5, 5.41) is 3.32. The Morgan fingerprint density at radius 3 is 2.65 bits per heavy atom. The second-order valence-corrected chi connectivity index (χ2v) is 10.1. The number of rotatable bonds is 6. The average Bonchev–Trinajstić information content (AvgIpc) is 3.27. The fourth-order valence-electron chi connectivity index (χ4n) is 5.08. The van der Waals surface area contributed by atoms with Gasteiger partial charge >= 0.3 is 0 Å². The zero-order chi connectivity index (χ0) is 26.0. The van der Waals surface area contributed by atoms with Crippen molar-refractivity contribution in [2.75, 3.05) is 33.1 Å². The number of carbonyl (C=O) groups is 1. The van der Waals surface area contributed by atoms with Crippen LogP contribution in [0.3, 0.4) is 0 Å². The molecule has 0 unspecified atom stereocenters. The van der Waals surface area contributed by atoms with Gasteiger partial charge in [0.2, 0.25) is 0 Å². The third-order valence-electron chi connectivity index (χ3n) is 6.88. The zero-order valence-corrected chi connectivity index (χ0v) is 21.4. The van der Waals surface area contributed by atoms with E-state index in [1.54, 1.807) is 38.5 Å². The Balaban J connectivity index is 1.48. The standard InChI is InChI=1S/C28H27F2N3O3S/c1-35-22-10-8-19(25(13-22)36-2)14-33-15-20-16-37-27(31-26(34)18-6-4-3-5-7-18)32-28(20,17-33)23-11-9-21(29)12-24(23)30/h3-13,20H,14-17H2,1-2H3,(H,31,32,34)/t20-,28-/m0/s1. The van der Waals surface area contributed by atoms with Crippen LogP contribution in [-0.2, 0) is 12.1 Å². The van der Waals surface area contributed by atoms with E-state index in [1.807, 2.05) is 24.3 Å². The summed E-state index contributed by atoms with van der Waals surface area (Å²) in [7, 11) is 3.21. The number of hydrogen-bond donors (Lipinski definition) is 1. The van der Waals surface area contributed by atoms with Crippen molar-refractivity contribution in [3.63, 3.8) is 0 Å². The lowest BCUT2D eigenvalue weighted by molar-refractivity contribution is 0.0977. The van der Waals surface area contributed by atoms with E-state index in [2.05, 4.69) is 10.2 Å². The first kappa shape index (κ1) is 25.2. The molecule has 3 aromatic rings. The molecule has 5 rings (SSSR count). The van der Waals surface area contributed by atoms with Gasteiger partial charge in [-0.25, -0.2) is 13.8 Å². The second kappa shape index (κ2) is 10.5. The number of amidine groups is 1. The number of nitrogens with one attached hydrogen (secondary N) is 1. The number of halogens is 2. The summed E-state index contributed by atoms with van der Waals surface area (Å²) < 4.78 is 39.9. The van der Waals surface area contributed by atoms with Crippen molar-refractivity contribution in [3.05, 3.63) is 95.1 Å². The normalized spacial score (nSPS) is 21.2. The molecular weight excluding hydrogens is 496 g/mol. The predicted octanol–water partition coefficient (Wildman–Crippen LogP) is 4.84. The van der Waals surface area contributed by atoms with Crippen molar-refractivity contribution < 1.29 is 23.0 Å². The number of aliphatic imine (C=N–C) groups is 1. The quantitative estimate of drug-likeness (QED) is 0.501. The molecule has 2 aliphatic rings. The molecule has 1 amide bonds. The minimum absolute atomic E-state index is 0.0425. The van der Waals surface area contributed by atoms with Crippen molar-refractivity contribution in [1.82, 2.24) is 10.2 Å². The fraction of sp³-hybridized carbons (Fsp3) is 0.286. The Kier molecular flexibility index (Phi) is 7.17. The van der Waals surface area contributed by atoms with Crippen LogP contribution in [-0.4, -0.2) is 49.0 Å². The SMILES string of the molecule is COc1ccc(CN2C[C@H]3CSC(NC(=O)c4ccccc4)=N[C@@]3(c3ccc(F)cc3F)C2)c(OC)c1. The van der Waals surface area contributed by atoms with Crippen LogP contribution in [0.25, 0.3) is 0 Å². The molecule has 2 heterocycles. The van der Waals surface area contributed by atoms with Crippen molar-refractivity contribution in [2.45, 2.75) is 12.1 Å². The van der Waals surface area contributed by atoms with Gasteiger partial charge in [0.1, 0.15) is 28.7 Å². The maximum atomic E-state index is 15.2. The summed E-state index contributed by atoms with van der Waals surface area (Å²) in [5.41, 5.74) is 0.831. The van der Waals surface area contributed by atoms with E-state index >= 15 is 4.39 Å². The number of fused-ring (bicyclic) bond motifs is 1. The highest BCUT2D eigenvalue weighted by atomic mass is 32.2. The molecule has 6 nitrogen and oxygen atoms in total. The van der Waals surface area contributed by atoms with Crippen molar-refractivity contribution in [1.29, 1.82) is 0 Å². The van der Waals surface area contributed by atoms with E-state index in [0.29, 0.717) is 53.2 Å². The number of methoxy groups -OCH3 is 2. The van der Waals surface area contributed by atoms with Crippen LogP contribution < -0.4 is 14.8 Å². The smallest absolute Gasteiger partial charge is 0.257 e. The van der Waals surface area contributed by atoms with Crippen LogP contribution in [0, 0.1) is 17.6 Å². The van der Waals surface area contributed by atoms with Gasteiger partial charge in [-0.2, -0.15) is 0 Å². The number of carbonyl (C=O) groups excluding carboxylic acids is 1. The van der Waals surface area contributed by atoms with E-state index in [4.69, 9.17) is 14.5 Å². The fourth-order valence-corrected chi connectivity index (χ4v) is 6.21. The Bertz CT molecular complexity index is 1340. The van der Waals surface area contributed by atoms with Crippen molar-refractivity contribution in [2.24, 2.45) is 10.9 Å². The average molecular weight is 524 g/mol. The topological polar surface area (TPSA) is 63.2 Å². The molecule has 0 aliphatic carbocycles. The lowest BCUT2D eigenvalue weighted by Crippen LogP contribution is -2.43. The number of ether oxygens (including phenoxy) is 2. The first-order chi connectivity index (χ1) is 17.9. The molecule has 0 bridgehead atoms. The Labute approximate surface area is 218 Å². The van der Waals surface area contributed by atoms with Gasteiger partial charge in [0.15, 0.2) is 5.17 Å². The first-order valence-electron chi connectivity index (χ1n) is 11.9. The number of amides is 1. The summed E-state index contributed by atoms with van der Waals surface area (Å²) >= 11 is 1.44. The molecule has 1 N–H and O–H groups in total. The van der Waals surface area contributed by atoms with Crippen LogP contribution in [0.2, 0.25) is 0 Å². The van der Waals surface area contributed by atoms with Gasteiger partial charge in [0, 0.05) is 60.1 Å². The number of benzene rings is 3. The van der Waals surface area contributed by atoms with Gasteiger partial charge in [0.25, 0.3) is 5.91 Å².